The van der Waals surface area contributed by atoms with Crippen molar-refractivity contribution in [2.24, 2.45) is 0 Å². The third-order valence-corrected chi connectivity index (χ3v) is 2.77. The zero-order valence-corrected chi connectivity index (χ0v) is 9.97. The maximum Gasteiger partial charge on any atom is 0.166 e. The zero-order chi connectivity index (χ0) is 12.4. The lowest BCUT2D eigenvalue weighted by molar-refractivity contribution is 0.0987. The van der Waals surface area contributed by atoms with Crippen molar-refractivity contribution in [2.75, 3.05) is 5.73 Å². The number of nitrogens with two attached hydrogens (primary N) is 1. The quantitative estimate of drug-likeness (QED) is 0.649. The van der Waals surface area contributed by atoms with E-state index in [9.17, 15) is 4.79 Å². The first-order valence-electron chi connectivity index (χ1n) is 5.57. The summed E-state index contributed by atoms with van der Waals surface area (Å²) in [6, 6.07) is 7.40. The molecule has 0 atom stereocenters. The van der Waals surface area contributed by atoms with Gasteiger partial charge in [0.05, 0.1) is 23.1 Å². The van der Waals surface area contributed by atoms with Crippen molar-refractivity contribution in [1.29, 1.82) is 0 Å². The molecular weight excluding hydrogens is 214 g/mol. The van der Waals surface area contributed by atoms with Gasteiger partial charge in [-0.15, -0.1) is 0 Å². The van der Waals surface area contributed by atoms with Crippen molar-refractivity contribution in [3.63, 3.8) is 0 Å². The Balaban J connectivity index is 2.44. The van der Waals surface area contributed by atoms with Gasteiger partial charge in [0.25, 0.3) is 0 Å². The summed E-state index contributed by atoms with van der Waals surface area (Å²) in [7, 11) is 0. The number of nitrogen functional groups attached to an aromatic ring is 1. The SMILES string of the molecule is CCC(=O)c1cnn(-c2ccc(N)cc2)c1C. The van der Waals surface area contributed by atoms with Crippen LogP contribution in [0.25, 0.3) is 5.69 Å². The molecule has 0 amide bonds. The standard InChI is InChI=1S/C13H15N3O/c1-3-13(17)12-8-15-16(9(12)2)11-6-4-10(14)5-7-11/h4-8H,3,14H2,1-2H3. The average Bonchev–Trinajstić information content (AvgIpc) is 2.71. The maximum atomic E-state index is 11.7. The minimum atomic E-state index is 0.115. The topological polar surface area (TPSA) is 60.9 Å². The van der Waals surface area contributed by atoms with Crippen molar-refractivity contribution in [1.82, 2.24) is 9.78 Å². The molecule has 0 fully saturated rings. The Labute approximate surface area is 100 Å². The van der Waals surface area contributed by atoms with Gasteiger partial charge in [0.15, 0.2) is 5.78 Å². The summed E-state index contributed by atoms with van der Waals surface area (Å²) in [6.45, 7) is 3.74. The molecule has 0 radical (unpaired) electrons. The van der Waals surface area contributed by atoms with Gasteiger partial charge < -0.3 is 5.73 Å². The molecule has 4 heteroatoms. The van der Waals surface area contributed by atoms with Gasteiger partial charge in [-0.05, 0) is 31.2 Å². The van der Waals surface area contributed by atoms with Crippen LogP contribution in [0.15, 0.2) is 30.5 Å². The van der Waals surface area contributed by atoms with Gasteiger partial charge in [0, 0.05) is 12.1 Å². The van der Waals surface area contributed by atoms with Gasteiger partial charge in [-0.25, -0.2) is 4.68 Å². The summed E-state index contributed by atoms with van der Waals surface area (Å²) < 4.78 is 1.75. The van der Waals surface area contributed by atoms with E-state index < -0.39 is 0 Å². The van der Waals surface area contributed by atoms with E-state index in [-0.39, 0.29) is 5.78 Å². The van der Waals surface area contributed by atoms with Crippen LogP contribution >= 0.6 is 0 Å². The molecule has 4 nitrogen and oxygen atoms in total. The van der Waals surface area contributed by atoms with E-state index in [1.54, 1.807) is 10.9 Å². The van der Waals surface area contributed by atoms with Crippen LogP contribution in [-0.4, -0.2) is 15.6 Å². The molecule has 17 heavy (non-hydrogen) atoms. The number of hydrogen-bond donors (Lipinski definition) is 1. The fourth-order valence-electron chi connectivity index (χ4n) is 1.75. The molecule has 0 aliphatic rings. The highest BCUT2D eigenvalue weighted by atomic mass is 16.1. The van der Waals surface area contributed by atoms with Gasteiger partial charge in [0.1, 0.15) is 0 Å². The molecule has 0 bridgehead atoms. The highest BCUT2D eigenvalue weighted by Gasteiger charge is 2.13. The van der Waals surface area contributed by atoms with Crippen LogP contribution in [0.2, 0.25) is 0 Å². The number of rotatable bonds is 3. The number of hydrogen-bond acceptors (Lipinski definition) is 3. The maximum absolute atomic E-state index is 11.7. The average molecular weight is 229 g/mol. The fourth-order valence-corrected chi connectivity index (χ4v) is 1.75. The molecule has 2 aromatic rings. The Kier molecular flexibility index (Phi) is 2.95. The second kappa shape index (κ2) is 4.41. The first-order valence-corrected chi connectivity index (χ1v) is 5.57. The van der Waals surface area contributed by atoms with Crippen molar-refractivity contribution in [3.8, 4) is 5.69 Å². The van der Waals surface area contributed by atoms with Crippen molar-refractivity contribution < 1.29 is 4.79 Å². The molecule has 88 valence electrons. The van der Waals surface area contributed by atoms with E-state index >= 15 is 0 Å². The Bertz CT molecular complexity index is 540. The minimum Gasteiger partial charge on any atom is -0.399 e. The second-order valence-electron chi connectivity index (χ2n) is 3.92. The van der Waals surface area contributed by atoms with Gasteiger partial charge in [0.2, 0.25) is 0 Å². The number of Topliss-reactive ketones (excluding diaryl/α,β-unsaturated/α-hetero) is 1. The molecule has 0 saturated carbocycles. The fraction of sp³-hybridized carbons (Fsp3) is 0.231. The van der Waals surface area contributed by atoms with Gasteiger partial charge in [-0.1, -0.05) is 6.92 Å². The number of anilines is 1. The van der Waals surface area contributed by atoms with Gasteiger partial charge in [-0.3, -0.25) is 4.79 Å². The molecule has 0 aliphatic carbocycles. The van der Waals surface area contributed by atoms with E-state index in [4.69, 9.17) is 5.73 Å². The van der Waals surface area contributed by atoms with Crippen molar-refractivity contribution in [2.45, 2.75) is 20.3 Å². The lowest BCUT2D eigenvalue weighted by atomic mass is 10.1. The first-order chi connectivity index (χ1) is 8.13. The molecule has 0 unspecified atom stereocenters. The van der Waals surface area contributed by atoms with E-state index in [0.29, 0.717) is 17.7 Å². The molecule has 2 N–H and O–H groups in total. The largest absolute Gasteiger partial charge is 0.399 e. The smallest absolute Gasteiger partial charge is 0.166 e. The Morgan fingerprint density at radius 3 is 2.59 bits per heavy atom. The number of carbonyl (C=O) groups is 1. The summed E-state index contributed by atoms with van der Waals surface area (Å²) in [5.41, 5.74) is 8.80. The first kappa shape index (κ1) is 11.4. The third-order valence-electron chi connectivity index (χ3n) is 2.77. The molecule has 0 spiro atoms. The molecule has 1 aromatic carbocycles. The molecule has 1 heterocycles. The van der Waals surface area contributed by atoms with Gasteiger partial charge >= 0.3 is 0 Å². The second-order valence-corrected chi connectivity index (χ2v) is 3.92. The predicted molar refractivity (Wildman–Crippen MR) is 67.3 cm³/mol. The number of carbonyl (C=O) groups excluding carboxylic acids is 1. The van der Waals surface area contributed by atoms with Crippen LogP contribution in [0.4, 0.5) is 5.69 Å². The predicted octanol–water partition coefficient (Wildman–Crippen LogP) is 2.36. The number of ketones is 1. The van der Waals surface area contributed by atoms with Crippen molar-refractivity contribution >= 4 is 11.5 Å². The highest BCUT2D eigenvalue weighted by molar-refractivity contribution is 5.96. The summed E-state index contributed by atoms with van der Waals surface area (Å²) in [5.74, 6) is 0.115. The van der Waals surface area contributed by atoms with Crippen LogP contribution in [0.3, 0.4) is 0 Å². The van der Waals surface area contributed by atoms with Gasteiger partial charge in [-0.2, -0.15) is 5.10 Å². The summed E-state index contributed by atoms with van der Waals surface area (Å²) in [6.07, 6.45) is 2.12. The zero-order valence-electron chi connectivity index (χ0n) is 9.97. The lowest BCUT2D eigenvalue weighted by Gasteiger charge is -2.05. The highest BCUT2D eigenvalue weighted by Crippen LogP contribution is 2.16. The normalized spacial score (nSPS) is 10.5. The van der Waals surface area contributed by atoms with E-state index in [2.05, 4.69) is 5.10 Å². The molecule has 2 rings (SSSR count). The van der Waals surface area contributed by atoms with Crippen LogP contribution < -0.4 is 5.73 Å². The summed E-state index contributed by atoms with van der Waals surface area (Å²) >= 11 is 0. The Hall–Kier alpha value is -2.10. The Morgan fingerprint density at radius 2 is 2.00 bits per heavy atom. The van der Waals surface area contributed by atoms with E-state index in [1.165, 1.54) is 0 Å². The van der Waals surface area contributed by atoms with Crippen LogP contribution in [0.1, 0.15) is 29.4 Å². The van der Waals surface area contributed by atoms with Crippen LogP contribution in [-0.2, 0) is 0 Å². The van der Waals surface area contributed by atoms with Crippen LogP contribution in [0.5, 0.6) is 0 Å². The van der Waals surface area contributed by atoms with Crippen molar-refractivity contribution in [3.05, 3.63) is 41.7 Å². The monoisotopic (exact) mass is 229 g/mol. The lowest BCUT2D eigenvalue weighted by Crippen LogP contribution is -2.02. The molecule has 0 saturated heterocycles. The minimum absolute atomic E-state index is 0.115. The Morgan fingerprint density at radius 1 is 1.35 bits per heavy atom. The summed E-state index contributed by atoms with van der Waals surface area (Å²) in [4.78, 5) is 11.7. The molecule has 0 aliphatic heterocycles. The number of aromatic nitrogens is 2. The number of nitrogens with zero attached hydrogens (tertiary/aromatic N) is 2. The van der Waals surface area contributed by atoms with Crippen LogP contribution in [0, 0.1) is 6.92 Å². The summed E-state index contributed by atoms with van der Waals surface area (Å²) in [5, 5.41) is 4.24. The molecule has 1 aromatic heterocycles. The van der Waals surface area contributed by atoms with E-state index in [1.807, 2.05) is 38.1 Å². The number of benzene rings is 1. The van der Waals surface area contributed by atoms with E-state index in [0.717, 1.165) is 11.4 Å². The third kappa shape index (κ3) is 2.06. The molecular formula is C13H15N3O.